The number of esters is 1. The van der Waals surface area contributed by atoms with E-state index < -0.39 is 16.0 Å². The highest BCUT2D eigenvalue weighted by Crippen LogP contribution is 2.19. The van der Waals surface area contributed by atoms with E-state index in [4.69, 9.17) is 9.47 Å². The number of hydrogen-bond donors (Lipinski definition) is 0. The van der Waals surface area contributed by atoms with Gasteiger partial charge >= 0.3 is 5.97 Å². The van der Waals surface area contributed by atoms with Crippen molar-refractivity contribution in [1.29, 1.82) is 0 Å². The van der Waals surface area contributed by atoms with Gasteiger partial charge in [-0.05, 0) is 29.8 Å². The Hall–Kier alpha value is -2.29. The topological polar surface area (TPSA) is 85.8 Å². The Labute approximate surface area is 146 Å². The Morgan fingerprint density at radius 1 is 1.16 bits per heavy atom. The molecule has 0 unspecified atom stereocenters. The summed E-state index contributed by atoms with van der Waals surface area (Å²) in [6.45, 7) is 1.42. The summed E-state index contributed by atoms with van der Waals surface area (Å²) in [4.78, 5) is 16.0. The van der Waals surface area contributed by atoms with Crippen LogP contribution in [0.4, 0.5) is 0 Å². The molecule has 1 aliphatic heterocycles. The van der Waals surface area contributed by atoms with Crippen LogP contribution < -0.4 is 0 Å². The maximum atomic E-state index is 12.7. The molecule has 0 bridgehead atoms. The first-order valence-electron chi connectivity index (χ1n) is 7.82. The summed E-state index contributed by atoms with van der Waals surface area (Å²) in [7, 11) is -3.57. The molecule has 0 aliphatic carbocycles. The lowest BCUT2D eigenvalue weighted by molar-refractivity contribution is 0.0465. The van der Waals surface area contributed by atoms with Gasteiger partial charge in [0.15, 0.2) is 0 Å². The van der Waals surface area contributed by atoms with Gasteiger partial charge in [-0.1, -0.05) is 18.2 Å². The number of rotatable bonds is 5. The first kappa shape index (κ1) is 17.5. The Morgan fingerprint density at radius 2 is 1.96 bits per heavy atom. The molecule has 0 amide bonds. The average molecular weight is 362 g/mol. The number of carbonyl (C=O) groups is 1. The van der Waals surface area contributed by atoms with Gasteiger partial charge in [0.05, 0.1) is 18.1 Å². The molecule has 1 saturated heterocycles. The number of carbonyl (C=O) groups excluding carboxylic acids is 1. The molecule has 3 rings (SSSR count). The van der Waals surface area contributed by atoms with E-state index in [2.05, 4.69) is 4.98 Å². The lowest BCUT2D eigenvalue weighted by Crippen LogP contribution is -2.40. The van der Waals surface area contributed by atoms with Crippen molar-refractivity contribution in [2.24, 2.45) is 0 Å². The largest absolute Gasteiger partial charge is 0.456 e. The molecule has 25 heavy (non-hydrogen) atoms. The first-order chi connectivity index (χ1) is 12.1. The molecule has 8 heteroatoms. The van der Waals surface area contributed by atoms with E-state index in [0.717, 1.165) is 0 Å². The molecule has 0 saturated carbocycles. The predicted molar refractivity (Wildman–Crippen MR) is 89.4 cm³/mol. The first-order valence-corrected chi connectivity index (χ1v) is 9.26. The number of benzene rings is 1. The van der Waals surface area contributed by atoms with Crippen molar-refractivity contribution in [2.45, 2.75) is 11.5 Å². The van der Waals surface area contributed by atoms with Gasteiger partial charge < -0.3 is 9.47 Å². The fourth-order valence-electron chi connectivity index (χ4n) is 2.44. The van der Waals surface area contributed by atoms with Crippen LogP contribution in [0.3, 0.4) is 0 Å². The number of aromatic nitrogens is 1. The summed E-state index contributed by atoms with van der Waals surface area (Å²) in [5.74, 6) is -0.554. The molecule has 0 radical (unpaired) electrons. The summed E-state index contributed by atoms with van der Waals surface area (Å²) >= 11 is 0. The van der Waals surface area contributed by atoms with E-state index in [1.54, 1.807) is 30.3 Å². The van der Waals surface area contributed by atoms with Crippen LogP contribution in [0.5, 0.6) is 0 Å². The minimum absolute atomic E-state index is 0.0259. The number of nitrogens with zero attached hydrogens (tertiary/aromatic N) is 2. The zero-order valence-corrected chi connectivity index (χ0v) is 14.3. The minimum Gasteiger partial charge on any atom is -0.456 e. The number of sulfonamides is 1. The van der Waals surface area contributed by atoms with Gasteiger partial charge in [0.25, 0.3) is 0 Å². The molecule has 132 valence electrons. The van der Waals surface area contributed by atoms with Crippen LogP contribution in [0.2, 0.25) is 0 Å². The van der Waals surface area contributed by atoms with Crippen molar-refractivity contribution < 1.29 is 22.7 Å². The fourth-order valence-corrected chi connectivity index (χ4v) is 3.92. The maximum absolute atomic E-state index is 12.7. The van der Waals surface area contributed by atoms with Crippen LogP contribution >= 0.6 is 0 Å². The summed E-state index contributed by atoms with van der Waals surface area (Å²) in [5.41, 5.74) is 0.804. The van der Waals surface area contributed by atoms with Crippen molar-refractivity contribution in [1.82, 2.24) is 9.29 Å². The van der Waals surface area contributed by atoms with Crippen LogP contribution in [0.1, 0.15) is 16.1 Å². The number of ether oxygens (including phenoxy) is 2. The van der Waals surface area contributed by atoms with E-state index in [9.17, 15) is 13.2 Å². The van der Waals surface area contributed by atoms with E-state index >= 15 is 0 Å². The van der Waals surface area contributed by atoms with Crippen LogP contribution in [0.25, 0.3) is 0 Å². The van der Waals surface area contributed by atoms with Gasteiger partial charge in [0.2, 0.25) is 10.0 Å². The summed E-state index contributed by atoms with van der Waals surface area (Å²) in [6, 6.07) is 11.4. The molecule has 7 nitrogen and oxygen atoms in total. The highest BCUT2D eigenvalue weighted by Gasteiger charge is 2.26. The zero-order valence-electron chi connectivity index (χ0n) is 13.5. The highest BCUT2D eigenvalue weighted by atomic mass is 32.2. The quantitative estimate of drug-likeness (QED) is 0.749. The maximum Gasteiger partial charge on any atom is 0.357 e. The average Bonchev–Trinajstić information content (AvgIpc) is 2.67. The zero-order chi connectivity index (χ0) is 17.7. The second-order valence-corrected chi connectivity index (χ2v) is 7.39. The van der Waals surface area contributed by atoms with Crippen LogP contribution in [0.15, 0.2) is 53.6 Å². The van der Waals surface area contributed by atoms with Gasteiger partial charge in [-0.2, -0.15) is 4.31 Å². The number of morpholine rings is 1. The molecule has 0 atom stereocenters. The Bertz CT molecular complexity index is 833. The Kier molecular flexibility index (Phi) is 5.42. The van der Waals surface area contributed by atoms with Gasteiger partial charge in [0.1, 0.15) is 12.3 Å². The Balaban J connectivity index is 1.70. The SMILES string of the molecule is O=C(OCc1cccc(S(=O)(=O)N2CCOCC2)c1)c1ccccn1. The van der Waals surface area contributed by atoms with Crippen molar-refractivity contribution in [3.05, 3.63) is 59.9 Å². The third-order valence-corrected chi connectivity index (χ3v) is 5.64. The van der Waals surface area contributed by atoms with Gasteiger partial charge in [-0.3, -0.25) is 0 Å². The predicted octanol–water partition coefficient (Wildman–Crippen LogP) is 1.46. The van der Waals surface area contributed by atoms with Gasteiger partial charge in [-0.15, -0.1) is 0 Å². The lowest BCUT2D eigenvalue weighted by atomic mass is 10.2. The molecule has 2 aromatic rings. The third kappa shape index (κ3) is 4.22. The molecular weight excluding hydrogens is 344 g/mol. The molecule has 2 heterocycles. The second kappa shape index (κ2) is 7.73. The van der Waals surface area contributed by atoms with Crippen molar-refractivity contribution in [3.8, 4) is 0 Å². The van der Waals surface area contributed by atoms with Crippen molar-refractivity contribution in [2.75, 3.05) is 26.3 Å². The smallest absolute Gasteiger partial charge is 0.357 e. The molecule has 0 N–H and O–H groups in total. The monoisotopic (exact) mass is 362 g/mol. The number of hydrogen-bond acceptors (Lipinski definition) is 6. The summed E-state index contributed by atoms with van der Waals surface area (Å²) in [6.07, 6.45) is 1.51. The van der Waals surface area contributed by atoms with Gasteiger partial charge in [-0.25, -0.2) is 18.2 Å². The molecule has 1 aromatic heterocycles. The molecular formula is C17H18N2O5S. The van der Waals surface area contributed by atoms with E-state index in [-0.39, 0.29) is 17.2 Å². The van der Waals surface area contributed by atoms with Crippen LogP contribution in [0, 0.1) is 0 Å². The van der Waals surface area contributed by atoms with Crippen LogP contribution in [-0.4, -0.2) is 50.0 Å². The highest BCUT2D eigenvalue weighted by molar-refractivity contribution is 7.89. The third-order valence-electron chi connectivity index (χ3n) is 3.75. The normalized spacial score (nSPS) is 15.7. The van der Waals surface area contributed by atoms with Crippen molar-refractivity contribution >= 4 is 16.0 Å². The van der Waals surface area contributed by atoms with E-state index in [1.165, 1.54) is 22.6 Å². The van der Waals surface area contributed by atoms with Crippen LogP contribution in [-0.2, 0) is 26.1 Å². The summed E-state index contributed by atoms with van der Waals surface area (Å²) in [5, 5.41) is 0. The molecule has 0 spiro atoms. The standard InChI is InChI=1S/C17H18N2O5S/c20-17(16-6-1-2-7-18-16)24-13-14-4-3-5-15(12-14)25(21,22)19-8-10-23-11-9-19/h1-7,12H,8-11,13H2. The van der Waals surface area contributed by atoms with Crippen molar-refractivity contribution in [3.63, 3.8) is 0 Å². The molecule has 1 aromatic carbocycles. The minimum atomic E-state index is -3.57. The lowest BCUT2D eigenvalue weighted by Gasteiger charge is -2.26. The molecule has 1 fully saturated rings. The summed E-state index contributed by atoms with van der Waals surface area (Å²) < 4.78 is 37.1. The van der Waals surface area contributed by atoms with Gasteiger partial charge in [0, 0.05) is 19.3 Å². The van der Waals surface area contributed by atoms with E-state index in [1.807, 2.05) is 0 Å². The fraction of sp³-hybridized carbons (Fsp3) is 0.294. The number of pyridine rings is 1. The van der Waals surface area contributed by atoms with E-state index in [0.29, 0.717) is 31.9 Å². The molecule has 1 aliphatic rings. The Morgan fingerprint density at radius 3 is 2.68 bits per heavy atom. The second-order valence-electron chi connectivity index (χ2n) is 5.45.